The van der Waals surface area contributed by atoms with Crippen LogP contribution in [0.15, 0.2) is 71.5 Å². The minimum atomic E-state index is -0.239. The van der Waals surface area contributed by atoms with Gasteiger partial charge in [-0.15, -0.1) is 0 Å². The van der Waals surface area contributed by atoms with Crippen LogP contribution in [-0.2, 0) is 0 Å². The monoisotopic (exact) mass is 345 g/mol. The molecule has 6 heteroatoms. The Hall–Kier alpha value is -3.67. The molecule has 0 unspecified atom stereocenters. The Morgan fingerprint density at radius 2 is 1.92 bits per heavy atom. The SMILES string of the molecule is COc1ccc(C(=O)Nc2ccncc2)c2cc(-c3ccccn3)oc12. The number of carbonyl (C=O) groups excluding carboxylic acids is 1. The average Bonchev–Trinajstić information content (AvgIpc) is 3.14. The summed E-state index contributed by atoms with van der Waals surface area (Å²) in [6.45, 7) is 0. The van der Waals surface area contributed by atoms with Gasteiger partial charge in [0.05, 0.1) is 12.7 Å². The lowest BCUT2D eigenvalue weighted by Gasteiger charge is -2.07. The van der Waals surface area contributed by atoms with E-state index in [0.717, 1.165) is 0 Å². The lowest BCUT2D eigenvalue weighted by atomic mass is 10.1. The highest BCUT2D eigenvalue weighted by atomic mass is 16.5. The van der Waals surface area contributed by atoms with Gasteiger partial charge in [0.25, 0.3) is 5.91 Å². The van der Waals surface area contributed by atoms with Gasteiger partial charge in [-0.2, -0.15) is 0 Å². The number of aromatic nitrogens is 2. The number of benzene rings is 1. The first-order chi connectivity index (χ1) is 12.8. The molecule has 0 bridgehead atoms. The number of hydrogen-bond acceptors (Lipinski definition) is 5. The minimum Gasteiger partial charge on any atom is -0.493 e. The fraction of sp³-hybridized carbons (Fsp3) is 0.0500. The normalized spacial score (nSPS) is 10.7. The van der Waals surface area contributed by atoms with Gasteiger partial charge in [-0.05, 0) is 42.5 Å². The number of carbonyl (C=O) groups is 1. The number of methoxy groups -OCH3 is 1. The van der Waals surface area contributed by atoms with Gasteiger partial charge >= 0.3 is 0 Å². The van der Waals surface area contributed by atoms with Crippen LogP contribution < -0.4 is 10.1 Å². The summed E-state index contributed by atoms with van der Waals surface area (Å²) in [6, 6.07) is 14.3. The number of ether oxygens (including phenoxy) is 1. The van der Waals surface area contributed by atoms with Gasteiger partial charge in [-0.25, -0.2) is 0 Å². The molecule has 1 aromatic carbocycles. The van der Waals surface area contributed by atoms with Crippen molar-refractivity contribution in [2.45, 2.75) is 0 Å². The quantitative estimate of drug-likeness (QED) is 0.601. The Morgan fingerprint density at radius 3 is 2.65 bits per heavy atom. The zero-order valence-electron chi connectivity index (χ0n) is 14.0. The molecular formula is C20H15N3O3. The highest BCUT2D eigenvalue weighted by molar-refractivity contribution is 6.13. The molecule has 3 aromatic heterocycles. The lowest BCUT2D eigenvalue weighted by Crippen LogP contribution is -2.12. The van der Waals surface area contributed by atoms with Crippen LogP contribution in [-0.4, -0.2) is 23.0 Å². The topological polar surface area (TPSA) is 77.2 Å². The van der Waals surface area contributed by atoms with Gasteiger partial charge in [0.1, 0.15) is 5.69 Å². The maximum Gasteiger partial charge on any atom is 0.256 e. The van der Waals surface area contributed by atoms with Gasteiger partial charge in [0.2, 0.25) is 0 Å². The van der Waals surface area contributed by atoms with Crippen LogP contribution in [0.1, 0.15) is 10.4 Å². The van der Waals surface area contributed by atoms with Crippen LogP contribution >= 0.6 is 0 Å². The highest BCUT2D eigenvalue weighted by Gasteiger charge is 2.18. The Bertz CT molecular complexity index is 1060. The molecule has 4 aromatic rings. The Morgan fingerprint density at radius 1 is 1.08 bits per heavy atom. The van der Waals surface area contributed by atoms with Crippen LogP contribution in [0.25, 0.3) is 22.4 Å². The lowest BCUT2D eigenvalue weighted by molar-refractivity contribution is 0.102. The zero-order chi connectivity index (χ0) is 17.9. The molecule has 3 heterocycles. The van der Waals surface area contributed by atoms with Crippen molar-refractivity contribution in [3.8, 4) is 17.2 Å². The standard InChI is InChI=1S/C20H15N3O3/c1-25-17-6-5-14(20(24)23-13-7-10-21-11-8-13)15-12-18(26-19(15)17)16-4-2-3-9-22-16/h2-12H,1H3,(H,21,23,24). The molecular weight excluding hydrogens is 330 g/mol. The van der Waals surface area contributed by atoms with E-state index < -0.39 is 0 Å². The van der Waals surface area contributed by atoms with E-state index in [1.165, 1.54) is 0 Å². The molecule has 0 atom stereocenters. The predicted molar refractivity (Wildman–Crippen MR) is 98.2 cm³/mol. The van der Waals surface area contributed by atoms with E-state index in [9.17, 15) is 4.79 Å². The van der Waals surface area contributed by atoms with Crippen molar-refractivity contribution >= 4 is 22.6 Å². The smallest absolute Gasteiger partial charge is 0.256 e. The van der Waals surface area contributed by atoms with Crippen LogP contribution in [0.5, 0.6) is 5.75 Å². The molecule has 4 rings (SSSR count). The molecule has 1 amide bonds. The summed E-state index contributed by atoms with van der Waals surface area (Å²) in [5.41, 5.74) is 2.35. The van der Waals surface area contributed by atoms with Gasteiger partial charge in [-0.1, -0.05) is 6.07 Å². The Labute approximate surface area is 149 Å². The molecule has 0 fully saturated rings. The van der Waals surface area contributed by atoms with Crippen LogP contribution in [0.3, 0.4) is 0 Å². The molecule has 0 aliphatic rings. The number of fused-ring (bicyclic) bond motifs is 1. The summed E-state index contributed by atoms with van der Waals surface area (Å²) < 4.78 is 11.3. The molecule has 6 nitrogen and oxygen atoms in total. The number of hydrogen-bond donors (Lipinski definition) is 1. The molecule has 0 saturated heterocycles. The summed E-state index contributed by atoms with van der Waals surface area (Å²) in [5.74, 6) is 0.892. The third-order valence-corrected chi connectivity index (χ3v) is 3.97. The van der Waals surface area contributed by atoms with E-state index in [1.807, 2.05) is 24.3 Å². The van der Waals surface area contributed by atoms with Crippen molar-refractivity contribution < 1.29 is 13.9 Å². The first-order valence-corrected chi connectivity index (χ1v) is 7.99. The molecule has 26 heavy (non-hydrogen) atoms. The van der Waals surface area contributed by atoms with E-state index in [1.54, 1.807) is 50.0 Å². The number of nitrogens with one attached hydrogen (secondary N) is 1. The number of nitrogens with zero attached hydrogens (tertiary/aromatic N) is 2. The maximum absolute atomic E-state index is 12.7. The second kappa shape index (κ2) is 6.68. The van der Waals surface area contributed by atoms with E-state index in [2.05, 4.69) is 15.3 Å². The Balaban J connectivity index is 1.80. The third-order valence-electron chi connectivity index (χ3n) is 3.97. The van der Waals surface area contributed by atoms with Crippen LogP contribution in [0, 0.1) is 0 Å². The van der Waals surface area contributed by atoms with Crippen molar-refractivity contribution in [1.29, 1.82) is 0 Å². The minimum absolute atomic E-state index is 0.239. The van der Waals surface area contributed by atoms with E-state index >= 15 is 0 Å². The van der Waals surface area contributed by atoms with Gasteiger partial charge in [0.15, 0.2) is 17.1 Å². The maximum atomic E-state index is 12.7. The molecule has 0 spiro atoms. The summed E-state index contributed by atoms with van der Waals surface area (Å²) in [4.78, 5) is 21.0. The van der Waals surface area contributed by atoms with E-state index in [0.29, 0.717) is 39.4 Å². The predicted octanol–water partition coefficient (Wildman–Crippen LogP) is 4.15. The largest absolute Gasteiger partial charge is 0.493 e. The van der Waals surface area contributed by atoms with Crippen molar-refractivity contribution in [2.24, 2.45) is 0 Å². The zero-order valence-corrected chi connectivity index (χ0v) is 14.0. The first kappa shape index (κ1) is 15.8. The fourth-order valence-corrected chi connectivity index (χ4v) is 2.73. The van der Waals surface area contributed by atoms with Crippen LogP contribution in [0.4, 0.5) is 5.69 Å². The van der Waals surface area contributed by atoms with Crippen molar-refractivity contribution in [3.05, 3.63) is 72.7 Å². The van der Waals surface area contributed by atoms with Crippen LogP contribution in [0.2, 0.25) is 0 Å². The number of anilines is 1. The average molecular weight is 345 g/mol. The number of pyridine rings is 2. The number of amides is 1. The summed E-state index contributed by atoms with van der Waals surface area (Å²) in [5, 5.41) is 3.52. The van der Waals surface area contributed by atoms with Gasteiger partial charge in [-0.3, -0.25) is 14.8 Å². The summed E-state index contributed by atoms with van der Waals surface area (Å²) in [7, 11) is 1.56. The molecule has 128 valence electrons. The second-order valence-corrected chi connectivity index (χ2v) is 5.57. The van der Waals surface area contributed by atoms with Crippen molar-refractivity contribution in [3.63, 3.8) is 0 Å². The summed E-state index contributed by atoms with van der Waals surface area (Å²) >= 11 is 0. The number of rotatable bonds is 4. The molecule has 0 radical (unpaired) electrons. The van der Waals surface area contributed by atoms with Gasteiger partial charge in [0, 0.05) is 29.7 Å². The molecule has 0 saturated carbocycles. The van der Waals surface area contributed by atoms with Crippen molar-refractivity contribution in [2.75, 3.05) is 12.4 Å². The molecule has 0 aliphatic heterocycles. The fourth-order valence-electron chi connectivity index (χ4n) is 2.73. The highest BCUT2D eigenvalue weighted by Crippen LogP contribution is 2.35. The van der Waals surface area contributed by atoms with Gasteiger partial charge < -0.3 is 14.5 Å². The van der Waals surface area contributed by atoms with Crippen molar-refractivity contribution in [1.82, 2.24) is 9.97 Å². The molecule has 1 N–H and O–H groups in total. The van der Waals surface area contributed by atoms with E-state index in [-0.39, 0.29) is 5.91 Å². The molecule has 0 aliphatic carbocycles. The third kappa shape index (κ3) is 2.88. The number of furan rings is 1. The van der Waals surface area contributed by atoms with E-state index in [4.69, 9.17) is 9.15 Å². The second-order valence-electron chi connectivity index (χ2n) is 5.57. The first-order valence-electron chi connectivity index (χ1n) is 7.99. The summed E-state index contributed by atoms with van der Waals surface area (Å²) in [6.07, 6.45) is 4.93. The Kier molecular flexibility index (Phi) is 4.07.